The zero-order chi connectivity index (χ0) is 19.4. The zero-order valence-electron chi connectivity index (χ0n) is 17.0. The Kier molecular flexibility index (Phi) is 6.04. The molecule has 2 aromatic rings. The molecule has 0 bridgehead atoms. The van der Waals surface area contributed by atoms with Gasteiger partial charge in [0, 0.05) is 42.6 Å². The molecule has 27 heavy (non-hydrogen) atoms. The highest BCUT2D eigenvalue weighted by atomic mass is 16.5. The van der Waals surface area contributed by atoms with Crippen LogP contribution in [0.25, 0.3) is 0 Å². The molecule has 0 aliphatic carbocycles. The molecule has 1 atom stereocenters. The molecule has 146 valence electrons. The van der Waals surface area contributed by atoms with E-state index in [1.165, 1.54) is 0 Å². The highest BCUT2D eigenvalue weighted by Gasteiger charge is 2.22. The topological polar surface area (TPSA) is 59.5 Å². The first-order valence-corrected chi connectivity index (χ1v) is 9.59. The Bertz CT molecular complexity index is 779. The quantitative estimate of drug-likeness (QED) is 0.829. The van der Waals surface area contributed by atoms with E-state index in [9.17, 15) is 0 Å². The third-order valence-corrected chi connectivity index (χ3v) is 4.94. The Morgan fingerprint density at radius 3 is 2.59 bits per heavy atom. The van der Waals surface area contributed by atoms with E-state index in [-0.39, 0.29) is 0 Å². The first-order chi connectivity index (χ1) is 13.0. The van der Waals surface area contributed by atoms with Crippen molar-refractivity contribution in [2.45, 2.75) is 45.6 Å². The fourth-order valence-corrected chi connectivity index (χ4v) is 3.50. The minimum atomic E-state index is 0.356. The Morgan fingerprint density at radius 2 is 1.89 bits per heavy atom. The molecule has 6 heteroatoms. The van der Waals surface area contributed by atoms with Crippen LogP contribution in [0.15, 0.2) is 24.3 Å². The molecule has 6 nitrogen and oxygen atoms in total. The van der Waals surface area contributed by atoms with Crippen molar-refractivity contribution in [2.24, 2.45) is 0 Å². The number of aryl methyl sites for hydroxylation is 1. The minimum absolute atomic E-state index is 0.356. The van der Waals surface area contributed by atoms with Gasteiger partial charge in [0.25, 0.3) is 0 Å². The van der Waals surface area contributed by atoms with Gasteiger partial charge in [-0.05, 0) is 37.8 Å². The Hall–Kier alpha value is -2.50. The number of hydrogen-bond acceptors (Lipinski definition) is 6. The summed E-state index contributed by atoms with van der Waals surface area (Å²) in [7, 11) is 3.31. The van der Waals surface area contributed by atoms with Gasteiger partial charge in [-0.15, -0.1) is 0 Å². The lowest BCUT2D eigenvalue weighted by Crippen LogP contribution is -2.42. The van der Waals surface area contributed by atoms with Crippen molar-refractivity contribution in [3.05, 3.63) is 35.8 Å². The van der Waals surface area contributed by atoms with Crippen molar-refractivity contribution >= 4 is 11.5 Å². The van der Waals surface area contributed by atoms with Gasteiger partial charge in [-0.2, -0.15) is 0 Å². The minimum Gasteiger partial charge on any atom is -0.493 e. The highest BCUT2D eigenvalue weighted by molar-refractivity contribution is 5.55. The summed E-state index contributed by atoms with van der Waals surface area (Å²) in [5.41, 5.74) is 2.15. The van der Waals surface area contributed by atoms with Crippen LogP contribution in [0.3, 0.4) is 0 Å². The van der Waals surface area contributed by atoms with Gasteiger partial charge >= 0.3 is 0 Å². The Labute approximate surface area is 161 Å². The maximum absolute atomic E-state index is 5.41. The predicted molar refractivity (Wildman–Crippen MR) is 109 cm³/mol. The number of aromatic nitrogens is 2. The van der Waals surface area contributed by atoms with E-state index < -0.39 is 0 Å². The largest absolute Gasteiger partial charge is 0.493 e. The molecular formula is C21H30N4O2. The van der Waals surface area contributed by atoms with Crippen molar-refractivity contribution < 1.29 is 9.47 Å². The molecule has 0 unspecified atom stereocenters. The van der Waals surface area contributed by atoms with Gasteiger partial charge in [0.2, 0.25) is 0 Å². The molecule has 0 amide bonds. The fourth-order valence-electron chi connectivity index (χ4n) is 3.50. The second-order valence-corrected chi connectivity index (χ2v) is 7.35. The predicted octanol–water partition coefficient (Wildman–Crippen LogP) is 4.01. The standard InChI is InChI=1S/C21H30N4O2/c1-14(2)18-12-21(23-15(3)22-18)25-10-6-7-17(13-25)24-16-8-9-19(26-4)20(11-16)27-5/h8-9,11-12,14,17,24H,6-7,10,13H2,1-5H3/t17-/m1/s1. The van der Waals surface area contributed by atoms with Gasteiger partial charge in [0.05, 0.1) is 14.2 Å². The van der Waals surface area contributed by atoms with Crippen molar-refractivity contribution in [3.8, 4) is 11.5 Å². The molecular weight excluding hydrogens is 340 g/mol. The van der Waals surface area contributed by atoms with E-state index in [2.05, 4.69) is 40.1 Å². The monoisotopic (exact) mass is 370 g/mol. The average Bonchev–Trinajstić information content (AvgIpc) is 2.67. The van der Waals surface area contributed by atoms with Crippen LogP contribution in [-0.2, 0) is 0 Å². The molecule has 1 aromatic heterocycles. The summed E-state index contributed by atoms with van der Waals surface area (Å²) in [6, 6.07) is 8.45. The molecule has 1 saturated heterocycles. The number of hydrogen-bond donors (Lipinski definition) is 1. The van der Waals surface area contributed by atoms with Crippen LogP contribution in [-0.4, -0.2) is 43.3 Å². The number of nitrogens with one attached hydrogen (secondary N) is 1. The fraction of sp³-hybridized carbons (Fsp3) is 0.524. The number of piperidine rings is 1. The van der Waals surface area contributed by atoms with Crippen molar-refractivity contribution in [1.82, 2.24) is 9.97 Å². The molecule has 1 N–H and O–H groups in total. The summed E-state index contributed by atoms with van der Waals surface area (Å²) < 4.78 is 10.7. The van der Waals surface area contributed by atoms with Gasteiger partial charge in [-0.3, -0.25) is 0 Å². The van der Waals surface area contributed by atoms with E-state index >= 15 is 0 Å². The van der Waals surface area contributed by atoms with Crippen LogP contribution in [0.2, 0.25) is 0 Å². The molecule has 2 heterocycles. The third-order valence-electron chi connectivity index (χ3n) is 4.94. The van der Waals surface area contributed by atoms with Gasteiger partial charge < -0.3 is 19.7 Å². The molecule has 0 saturated carbocycles. The maximum atomic E-state index is 5.41. The van der Waals surface area contributed by atoms with Gasteiger partial charge in [0.1, 0.15) is 11.6 Å². The number of methoxy groups -OCH3 is 2. The summed E-state index contributed by atoms with van der Waals surface area (Å²) in [4.78, 5) is 11.6. The number of rotatable bonds is 6. The van der Waals surface area contributed by atoms with Crippen molar-refractivity contribution in [3.63, 3.8) is 0 Å². The lowest BCUT2D eigenvalue weighted by atomic mass is 10.0. The van der Waals surface area contributed by atoms with Crippen LogP contribution >= 0.6 is 0 Å². The SMILES string of the molecule is COc1ccc(N[C@@H]2CCCN(c3cc(C(C)C)nc(C)n3)C2)cc1OC. The molecule has 3 rings (SSSR count). The smallest absolute Gasteiger partial charge is 0.162 e. The second-order valence-electron chi connectivity index (χ2n) is 7.35. The van der Waals surface area contributed by atoms with Crippen molar-refractivity contribution in [2.75, 3.05) is 37.5 Å². The average molecular weight is 370 g/mol. The van der Waals surface area contributed by atoms with E-state index in [1.807, 2.05) is 25.1 Å². The first kappa shape index (κ1) is 19.3. The molecule has 0 spiro atoms. The lowest BCUT2D eigenvalue weighted by Gasteiger charge is -2.35. The summed E-state index contributed by atoms with van der Waals surface area (Å²) >= 11 is 0. The normalized spacial score (nSPS) is 17.1. The third kappa shape index (κ3) is 4.62. The number of nitrogens with zero attached hydrogens (tertiary/aromatic N) is 3. The number of anilines is 2. The van der Waals surface area contributed by atoms with E-state index in [1.54, 1.807) is 14.2 Å². The van der Waals surface area contributed by atoms with Crippen LogP contribution < -0.4 is 19.7 Å². The number of benzene rings is 1. The van der Waals surface area contributed by atoms with Crippen LogP contribution in [0.5, 0.6) is 11.5 Å². The van der Waals surface area contributed by atoms with E-state index in [4.69, 9.17) is 9.47 Å². The highest BCUT2D eigenvalue weighted by Crippen LogP contribution is 2.31. The van der Waals surface area contributed by atoms with Gasteiger partial charge in [-0.1, -0.05) is 13.8 Å². The lowest BCUT2D eigenvalue weighted by molar-refractivity contribution is 0.355. The Balaban J connectivity index is 1.73. The second kappa shape index (κ2) is 8.46. The van der Waals surface area contributed by atoms with Crippen molar-refractivity contribution in [1.29, 1.82) is 0 Å². The first-order valence-electron chi connectivity index (χ1n) is 9.59. The Morgan fingerprint density at radius 1 is 1.11 bits per heavy atom. The zero-order valence-corrected chi connectivity index (χ0v) is 17.0. The van der Waals surface area contributed by atoms with E-state index in [0.29, 0.717) is 12.0 Å². The summed E-state index contributed by atoms with van der Waals surface area (Å²) in [6.45, 7) is 8.26. The van der Waals surface area contributed by atoms with Crippen LogP contribution in [0, 0.1) is 6.92 Å². The molecule has 1 aliphatic rings. The van der Waals surface area contributed by atoms with Gasteiger partial charge in [-0.25, -0.2) is 9.97 Å². The molecule has 0 radical (unpaired) electrons. The molecule has 1 fully saturated rings. The summed E-state index contributed by atoms with van der Waals surface area (Å²) in [5, 5.41) is 3.64. The molecule has 1 aliphatic heterocycles. The van der Waals surface area contributed by atoms with E-state index in [0.717, 1.165) is 60.5 Å². The summed E-state index contributed by atoms with van der Waals surface area (Å²) in [6.07, 6.45) is 2.26. The van der Waals surface area contributed by atoms with Crippen LogP contribution in [0.4, 0.5) is 11.5 Å². The van der Waals surface area contributed by atoms with Crippen LogP contribution in [0.1, 0.15) is 44.1 Å². The maximum Gasteiger partial charge on any atom is 0.162 e. The number of ether oxygens (including phenoxy) is 2. The molecule has 1 aromatic carbocycles. The van der Waals surface area contributed by atoms with Gasteiger partial charge in [0.15, 0.2) is 11.5 Å². The summed E-state index contributed by atoms with van der Waals surface area (Å²) in [5.74, 6) is 3.75.